The molecule has 8 nitrogen and oxygen atoms in total. The van der Waals surface area contributed by atoms with Crippen LogP contribution in [0, 0.1) is 3.83 Å². The number of fused-ring (bicyclic) bond motifs is 2. The fourth-order valence-electron chi connectivity index (χ4n) is 2.86. The van der Waals surface area contributed by atoms with Crippen LogP contribution in [-0.2, 0) is 14.2 Å². The minimum atomic E-state index is -0.601. The first-order chi connectivity index (χ1) is 9.94. The van der Waals surface area contributed by atoms with Gasteiger partial charge in [0, 0.05) is 22.6 Å². The molecular weight excluding hydrogens is 389 g/mol. The fraction of sp³-hybridized carbons (Fsp3) is 0.583. The SMILES string of the molecule is CC1(C)O[C@H]2[C@H](CO[C@H]2n2cnc3c(N)nc(I)nc32)O1. The molecule has 2 aromatic rings. The van der Waals surface area contributed by atoms with Gasteiger partial charge in [0.15, 0.2) is 27.3 Å². The monoisotopic (exact) mass is 403 g/mol. The Balaban J connectivity index is 1.77. The molecule has 0 aromatic carbocycles. The summed E-state index contributed by atoms with van der Waals surface area (Å²) in [5.41, 5.74) is 7.10. The van der Waals surface area contributed by atoms with Gasteiger partial charge >= 0.3 is 0 Å². The van der Waals surface area contributed by atoms with E-state index in [4.69, 9.17) is 19.9 Å². The Labute approximate surface area is 134 Å². The molecule has 0 bridgehead atoms. The molecule has 0 aliphatic carbocycles. The standard InChI is InChI=1S/C12H14IN5O3/c1-12(2)20-5-3-19-10(7(5)21-12)18-4-15-6-8(14)16-11(13)17-9(6)18/h4-5,7,10H,3H2,1-2H3,(H2,14,16,17)/t5-,7-,10+/m0/s1. The van der Waals surface area contributed by atoms with E-state index in [0.717, 1.165) is 0 Å². The van der Waals surface area contributed by atoms with Crippen molar-refractivity contribution in [1.29, 1.82) is 0 Å². The fourth-order valence-corrected chi connectivity index (χ4v) is 3.35. The highest BCUT2D eigenvalue weighted by molar-refractivity contribution is 14.1. The molecule has 2 aliphatic heterocycles. The summed E-state index contributed by atoms with van der Waals surface area (Å²) in [4.78, 5) is 12.8. The molecule has 0 saturated carbocycles. The smallest absolute Gasteiger partial charge is 0.194 e. The van der Waals surface area contributed by atoms with E-state index >= 15 is 0 Å². The summed E-state index contributed by atoms with van der Waals surface area (Å²) in [7, 11) is 0. The molecule has 21 heavy (non-hydrogen) atoms. The molecule has 2 saturated heterocycles. The number of hydrogen-bond donors (Lipinski definition) is 1. The molecule has 112 valence electrons. The lowest BCUT2D eigenvalue weighted by Crippen LogP contribution is -2.27. The number of halogens is 1. The third-order valence-electron chi connectivity index (χ3n) is 3.63. The van der Waals surface area contributed by atoms with Gasteiger partial charge < -0.3 is 19.9 Å². The number of anilines is 1. The highest BCUT2D eigenvalue weighted by Gasteiger charge is 2.51. The van der Waals surface area contributed by atoms with Gasteiger partial charge in [0.05, 0.1) is 12.9 Å². The van der Waals surface area contributed by atoms with Crippen LogP contribution in [0.2, 0.25) is 0 Å². The van der Waals surface area contributed by atoms with Gasteiger partial charge in [-0.1, -0.05) is 0 Å². The van der Waals surface area contributed by atoms with Crippen molar-refractivity contribution < 1.29 is 14.2 Å². The van der Waals surface area contributed by atoms with Gasteiger partial charge in [-0.15, -0.1) is 0 Å². The summed E-state index contributed by atoms with van der Waals surface area (Å²) < 4.78 is 20.0. The van der Waals surface area contributed by atoms with Crippen LogP contribution in [0.25, 0.3) is 11.2 Å². The van der Waals surface area contributed by atoms with Gasteiger partial charge in [-0.2, -0.15) is 0 Å². The van der Waals surface area contributed by atoms with Crippen LogP contribution in [0.1, 0.15) is 20.1 Å². The Morgan fingerprint density at radius 1 is 1.38 bits per heavy atom. The zero-order valence-corrected chi connectivity index (χ0v) is 13.6. The Bertz CT molecular complexity index is 718. The maximum Gasteiger partial charge on any atom is 0.194 e. The lowest BCUT2D eigenvalue weighted by molar-refractivity contribution is -0.183. The Morgan fingerprint density at radius 2 is 2.19 bits per heavy atom. The van der Waals surface area contributed by atoms with Crippen molar-refractivity contribution in [3.8, 4) is 0 Å². The number of aromatic nitrogens is 4. The molecule has 0 amide bonds. The predicted molar refractivity (Wildman–Crippen MR) is 81.3 cm³/mol. The van der Waals surface area contributed by atoms with E-state index in [1.54, 1.807) is 6.33 Å². The summed E-state index contributed by atoms with van der Waals surface area (Å²) in [6.45, 7) is 4.28. The third kappa shape index (κ3) is 2.10. The Kier molecular flexibility index (Phi) is 2.90. The molecule has 4 rings (SSSR count). The minimum absolute atomic E-state index is 0.0827. The molecular formula is C12H14IN5O3. The van der Waals surface area contributed by atoms with Gasteiger partial charge in [0.1, 0.15) is 17.7 Å². The van der Waals surface area contributed by atoms with Crippen LogP contribution in [0.5, 0.6) is 0 Å². The second-order valence-corrected chi connectivity index (χ2v) is 6.53. The third-order valence-corrected chi connectivity index (χ3v) is 4.11. The number of nitrogens with zero attached hydrogens (tertiary/aromatic N) is 4. The first-order valence-corrected chi connectivity index (χ1v) is 7.65. The molecule has 0 radical (unpaired) electrons. The minimum Gasteiger partial charge on any atom is -0.382 e. The maximum absolute atomic E-state index is 5.95. The van der Waals surface area contributed by atoms with E-state index in [0.29, 0.717) is 27.4 Å². The average molecular weight is 403 g/mol. The molecule has 4 heterocycles. The van der Waals surface area contributed by atoms with Crippen LogP contribution in [0.4, 0.5) is 5.82 Å². The van der Waals surface area contributed by atoms with Crippen molar-refractivity contribution >= 4 is 39.6 Å². The van der Waals surface area contributed by atoms with Gasteiger partial charge in [-0.3, -0.25) is 4.57 Å². The molecule has 3 atom stereocenters. The number of imidazole rings is 1. The normalized spacial score (nSPS) is 30.9. The highest BCUT2D eigenvalue weighted by Crippen LogP contribution is 2.40. The van der Waals surface area contributed by atoms with Crippen molar-refractivity contribution in [1.82, 2.24) is 19.5 Å². The number of nitrogens with two attached hydrogens (primary N) is 1. The van der Waals surface area contributed by atoms with Crippen molar-refractivity contribution in [2.45, 2.75) is 38.1 Å². The van der Waals surface area contributed by atoms with Crippen LogP contribution in [-0.4, -0.2) is 44.1 Å². The largest absolute Gasteiger partial charge is 0.382 e. The van der Waals surface area contributed by atoms with E-state index < -0.39 is 5.79 Å². The van der Waals surface area contributed by atoms with Gasteiger partial charge in [-0.25, -0.2) is 15.0 Å². The lowest BCUT2D eigenvalue weighted by Gasteiger charge is -2.22. The summed E-state index contributed by atoms with van der Waals surface area (Å²) in [6.07, 6.45) is 1.06. The Hall–Kier alpha value is -1.04. The van der Waals surface area contributed by atoms with Crippen molar-refractivity contribution in [3.05, 3.63) is 10.2 Å². The second kappa shape index (κ2) is 4.48. The van der Waals surface area contributed by atoms with Gasteiger partial charge in [-0.05, 0) is 13.8 Å². The Morgan fingerprint density at radius 3 is 3.00 bits per heavy atom. The summed E-state index contributed by atoms with van der Waals surface area (Å²) in [6, 6.07) is 0. The van der Waals surface area contributed by atoms with Crippen LogP contribution in [0.15, 0.2) is 6.33 Å². The first-order valence-electron chi connectivity index (χ1n) is 6.57. The quantitative estimate of drug-likeness (QED) is 0.562. The van der Waals surface area contributed by atoms with Gasteiger partial charge in [0.25, 0.3) is 0 Å². The number of nitrogen functional groups attached to an aromatic ring is 1. The highest BCUT2D eigenvalue weighted by atomic mass is 127. The zero-order valence-electron chi connectivity index (χ0n) is 11.5. The van der Waals surface area contributed by atoms with E-state index in [9.17, 15) is 0 Å². The molecule has 2 fully saturated rings. The van der Waals surface area contributed by atoms with E-state index in [-0.39, 0.29) is 18.4 Å². The number of hydrogen-bond acceptors (Lipinski definition) is 7. The van der Waals surface area contributed by atoms with Crippen molar-refractivity contribution in [2.24, 2.45) is 0 Å². The van der Waals surface area contributed by atoms with Crippen LogP contribution >= 0.6 is 22.6 Å². The number of rotatable bonds is 1. The van der Waals surface area contributed by atoms with Crippen molar-refractivity contribution in [2.75, 3.05) is 12.3 Å². The first kappa shape index (κ1) is 13.6. The molecule has 0 spiro atoms. The zero-order chi connectivity index (χ0) is 14.8. The molecule has 2 aliphatic rings. The lowest BCUT2D eigenvalue weighted by atomic mass is 10.2. The predicted octanol–water partition coefficient (Wildman–Crippen LogP) is 1.06. The summed E-state index contributed by atoms with van der Waals surface area (Å²) in [5.74, 6) is -0.238. The van der Waals surface area contributed by atoms with Crippen LogP contribution < -0.4 is 5.73 Å². The molecule has 2 N–H and O–H groups in total. The van der Waals surface area contributed by atoms with Crippen LogP contribution in [0.3, 0.4) is 0 Å². The topological polar surface area (TPSA) is 97.3 Å². The number of ether oxygens (including phenoxy) is 3. The summed E-state index contributed by atoms with van der Waals surface area (Å²) >= 11 is 2.03. The molecule has 9 heteroatoms. The van der Waals surface area contributed by atoms with Gasteiger partial charge in [0.2, 0.25) is 0 Å². The van der Waals surface area contributed by atoms with E-state index in [2.05, 4.69) is 15.0 Å². The van der Waals surface area contributed by atoms with Crippen molar-refractivity contribution in [3.63, 3.8) is 0 Å². The average Bonchev–Trinajstić information content (AvgIpc) is 3.00. The maximum atomic E-state index is 5.95. The van der Waals surface area contributed by atoms with E-state index in [1.165, 1.54) is 0 Å². The van der Waals surface area contributed by atoms with E-state index in [1.807, 2.05) is 41.0 Å². The second-order valence-electron chi connectivity index (χ2n) is 5.56. The molecule has 0 unspecified atom stereocenters. The molecule has 2 aromatic heterocycles. The summed E-state index contributed by atoms with van der Waals surface area (Å²) in [5, 5.41) is 0.